The first-order chi connectivity index (χ1) is 16.4. The van der Waals surface area contributed by atoms with Gasteiger partial charge in [-0.15, -0.1) is 0 Å². The fourth-order valence-electron chi connectivity index (χ4n) is 3.59. The molecular weight excluding hydrogens is 437 g/mol. The number of nitrogens with one attached hydrogen (secondary N) is 2. The van der Waals surface area contributed by atoms with Gasteiger partial charge < -0.3 is 20.1 Å². The van der Waals surface area contributed by atoms with E-state index in [1.54, 1.807) is 32.4 Å². The molecule has 4 rings (SSSR count). The van der Waals surface area contributed by atoms with Crippen LogP contribution < -0.4 is 20.1 Å². The van der Waals surface area contributed by atoms with E-state index in [0.29, 0.717) is 39.3 Å². The Hall–Kier alpha value is -4.46. The van der Waals surface area contributed by atoms with Crippen LogP contribution in [0.5, 0.6) is 11.5 Å². The molecule has 2 N–H and O–H groups in total. The molecule has 0 bridgehead atoms. The highest BCUT2D eigenvalue weighted by Gasteiger charge is 2.16. The Labute approximate surface area is 195 Å². The number of halogens is 1. The number of carbonyl (C=O) groups excluding carboxylic acids is 2. The van der Waals surface area contributed by atoms with E-state index in [-0.39, 0.29) is 5.69 Å². The number of amides is 2. The summed E-state index contributed by atoms with van der Waals surface area (Å²) in [6.07, 6.45) is 0. The fourth-order valence-corrected chi connectivity index (χ4v) is 3.59. The first kappa shape index (κ1) is 22.7. The summed E-state index contributed by atoms with van der Waals surface area (Å²) in [4.78, 5) is 29.3. The number of ether oxygens (including phenoxy) is 2. The van der Waals surface area contributed by atoms with Crippen molar-refractivity contribution < 1.29 is 23.5 Å². The van der Waals surface area contributed by atoms with Crippen LogP contribution in [0, 0.1) is 5.82 Å². The highest BCUT2D eigenvalue weighted by Crippen LogP contribution is 2.33. The topological polar surface area (TPSA) is 89.6 Å². The number of fused-ring (bicyclic) bond motifs is 1. The average molecular weight is 459 g/mol. The number of anilines is 2. The molecule has 0 saturated heterocycles. The maximum absolute atomic E-state index is 14.0. The molecule has 3 aromatic carbocycles. The zero-order valence-electron chi connectivity index (χ0n) is 18.8. The van der Waals surface area contributed by atoms with Crippen LogP contribution in [0.1, 0.15) is 17.3 Å². The number of carbonyl (C=O) groups is 2. The third-order valence-corrected chi connectivity index (χ3v) is 5.18. The lowest BCUT2D eigenvalue weighted by molar-refractivity contribution is -0.114. The van der Waals surface area contributed by atoms with Crippen LogP contribution in [0.3, 0.4) is 0 Å². The van der Waals surface area contributed by atoms with Gasteiger partial charge in [0.1, 0.15) is 5.82 Å². The van der Waals surface area contributed by atoms with Gasteiger partial charge in [0.05, 0.1) is 36.7 Å². The van der Waals surface area contributed by atoms with Crippen LogP contribution in [-0.4, -0.2) is 31.0 Å². The van der Waals surface area contributed by atoms with Gasteiger partial charge in [-0.25, -0.2) is 9.37 Å². The molecule has 1 heterocycles. The molecule has 2 amide bonds. The second kappa shape index (κ2) is 9.58. The van der Waals surface area contributed by atoms with E-state index >= 15 is 0 Å². The van der Waals surface area contributed by atoms with Crippen molar-refractivity contribution in [2.45, 2.75) is 6.92 Å². The summed E-state index contributed by atoms with van der Waals surface area (Å²) in [5.74, 6) is -0.296. The van der Waals surface area contributed by atoms with Crippen molar-refractivity contribution in [1.82, 2.24) is 4.98 Å². The molecule has 0 radical (unpaired) electrons. The van der Waals surface area contributed by atoms with Crippen LogP contribution in [0.4, 0.5) is 15.8 Å². The molecule has 0 fully saturated rings. The Balaban J connectivity index is 1.75. The summed E-state index contributed by atoms with van der Waals surface area (Å²) < 4.78 is 24.7. The lowest BCUT2D eigenvalue weighted by Crippen LogP contribution is -2.14. The quantitative estimate of drug-likeness (QED) is 0.410. The minimum absolute atomic E-state index is 0.0177. The van der Waals surface area contributed by atoms with E-state index in [4.69, 9.17) is 14.5 Å². The van der Waals surface area contributed by atoms with Crippen LogP contribution in [0.2, 0.25) is 0 Å². The molecule has 0 saturated carbocycles. The third-order valence-electron chi connectivity index (χ3n) is 5.18. The maximum atomic E-state index is 14.0. The van der Waals surface area contributed by atoms with Gasteiger partial charge in [-0.3, -0.25) is 9.59 Å². The SMILES string of the molecule is COc1ccc(-c2cc(C(=O)Nc3ccc(F)c(NC(C)=O)c3)c3ccccc3n2)cc1OC. The summed E-state index contributed by atoms with van der Waals surface area (Å²) in [5.41, 5.74) is 2.66. The summed E-state index contributed by atoms with van der Waals surface area (Å²) >= 11 is 0. The number of benzene rings is 3. The van der Waals surface area contributed by atoms with E-state index in [0.717, 1.165) is 5.56 Å². The van der Waals surface area contributed by atoms with E-state index < -0.39 is 17.6 Å². The molecule has 0 unspecified atom stereocenters. The van der Waals surface area contributed by atoms with Crippen molar-refractivity contribution in [3.63, 3.8) is 0 Å². The van der Waals surface area contributed by atoms with Crippen molar-refractivity contribution >= 4 is 34.1 Å². The Morgan fingerprint density at radius 1 is 0.882 bits per heavy atom. The Morgan fingerprint density at radius 2 is 1.65 bits per heavy atom. The van der Waals surface area contributed by atoms with Crippen LogP contribution in [-0.2, 0) is 4.79 Å². The van der Waals surface area contributed by atoms with E-state index in [1.165, 1.54) is 25.1 Å². The lowest BCUT2D eigenvalue weighted by atomic mass is 10.0. The standard InChI is InChI=1S/C26H22FN3O4/c1-15(31)28-23-13-17(9-10-20(23)27)29-26(32)19-14-22(30-21-7-5-4-6-18(19)21)16-8-11-24(33-2)25(12-16)34-3/h4-14H,1-3H3,(H,28,31)(H,29,32). The predicted molar refractivity (Wildman–Crippen MR) is 129 cm³/mol. The maximum Gasteiger partial charge on any atom is 0.256 e. The Morgan fingerprint density at radius 3 is 2.38 bits per heavy atom. The van der Waals surface area contributed by atoms with Crippen molar-refractivity contribution in [3.8, 4) is 22.8 Å². The smallest absolute Gasteiger partial charge is 0.256 e. The number of aromatic nitrogens is 1. The van der Waals surface area contributed by atoms with Gasteiger partial charge >= 0.3 is 0 Å². The van der Waals surface area contributed by atoms with Crippen LogP contribution in [0.25, 0.3) is 22.2 Å². The summed E-state index contributed by atoms with van der Waals surface area (Å²) in [6.45, 7) is 1.28. The summed E-state index contributed by atoms with van der Waals surface area (Å²) in [7, 11) is 3.10. The molecule has 34 heavy (non-hydrogen) atoms. The Bertz CT molecular complexity index is 1400. The van der Waals surface area contributed by atoms with Crippen molar-refractivity contribution in [3.05, 3.63) is 78.1 Å². The number of pyridine rings is 1. The number of hydrogen-bond acceptors (Lipinski definition) is 5. The van der Waals surface area contributed by atoms with Gasteiger partial charge in [-0.05, 0) is 48.5 Å². The molecule has 1 aromatic heterocycles. The average Bonchev–Trinajstić information content (AvgIpc) is 2.84. The molecule has 0 spiro atoms. The molecular formula is C26H22FN3O4. The number of nitrogens with zero attached hydrogens (tertiary/aromatic N) is 1. The van der Waals surface area contributed by atoms with Gasteiger partial charge in [0.2, 0.25) is 5.91 Å². The van der Waals surface area contributed by atoms with Crippen LogP contribution >= 0.6 is 0 Å². The largest absolute Gasteiger partial charge is 0.493 e. The second-order valence-electron chi connectivity index (χ2n) is 7.47. The molecule has 172 valence electrons. The predicted octanol–water partition coefficient (Wildman–Crippen LogP) is 5.27. The Kier molecular flexibility index (Phi) is 6.40. The summed E-state index contributed by atoms with van der Waals surface area (Å²) in [6, 6.07) is 18.4. The monoisotopic (exact) mass is 459 g/mol. The minimum Gasteiger partial charge on any atom is -0.493 e. The van der Waals surface area contributed by atoms with E-state index in [2.05, 4.69) is 10.6 Å². The normalized spacial score (nSPS) is 10.6. The molecule has 8 heteroatoms. The van der Waals surface area contributed by atoms with E-state index in [9.17, 15) is 14.0 Å². The lowest BCUT2D eigenvalue weighted by Gasteiger charge is -2.13. The minimum atomic E-state index is -0.599. The van der Waals surface area contributed by atoms with Gasteiger partial charge in [-0.2, -0.15) is 0 Å². The van der Waals surface area contributed by atoms with E-state index in [1.807, 2.05) is 30.3 Å². The molecule has 0 aliphatic heterocycles. The number of rotatable bonds is 6. The highest BCUT2D eigenvalue weighted by molar-refractivity contribution is 6.13. The third kappa shape index (κ3) is 4.66. The number of hydrogen-bond donors (Lipinski definition) is 2. The first-order valence-electron chi connectivity index (χ1n) is 10.4. The molecule has 0 aliphatic carbocycles. The first-order valence-corrected chi connectivity index (χ1v) is 10.4. The molecule has 7 nitrogen and oxygen atoms in total. The number of methoxy groups -OCH3 is 2. The molecule has 4 aromatic rings. The summed E-state index contributed by atoms with van der Waals surface area (Å²) in [5, 5.41) is 5.85. The van der Waals surface area contributed by atoms with Crippen molar-refractivity contribution in [1.29, 1.82) is 0 Å². The fraction of sp³-hybridized carbons (Fsp3) is 0.115. The molecule has 0 aliphatic rings. The van der Waals surface area contributed by atoms with Crippen LogP contribution in [0.15, 0.2) is 66.7 Å². The second-order valence-corrected chi connectivity index (χ2v) is 7.47. The van der Waals surface area contributed by atoms with Crippen molar-refractivity contribution in [2.24, 2.45) is 0 Å². The van der Waals surface area contributed by atoms with Gasteiger partial charge in [0.25, 0.3) is 5.91 Å². The van der Waals surface area contributed by atoms with Gasteiger partial charge in [0.15, 0.2) is 11.5 Å². The highest BCUT2D eigenvalue weighted by atomic mass is 19.1. The zero-order valence-corrected chi connectivity index (χ0v) is 18.8. The zero-order chi connectivity index (χ0) is 24.2. The van der Waals surface area contributed by atoms with Gasteiger partial charge in [0, 0.05) is 23.6 Å². The number of para-hydroxylation sites is 1. The van der Waals surface area contributed by atoms with Gasteiger partial charge in [-0.1, -0.05) is 18.2 Å². The van der Waals surface area contributed by atoms with Crippen molar-refractivity contribution in [2.75, 3.05) is 24.9 Å². The molecule has 0 atom stereocenters.